The highest BCUT2D eigenvalue weighted by atomic mass is 16.5. The lowest BCUT2D eigenvalue weighted by Crippen LogP contribution is -2.33. The largest absolute Gasteiger partial charge is 0.507 e. The predicted octanol–water partition coefficient (Wildman–Crippen LogP) is 4.26. The summed E-state index contributed by atoms with van der Waals surface area (Å²) in [5, 5.41) is 11.4. The van der Waals surface area contributed by atoms with Gasteiger partial charge >= 0.3 is 0 Å². The van der Waals surface area contributed by atoms with Gasteiger partial charge < -0.3 is 29.1 Å². The molecule has 8 heteroatoms. The van der Waals surface area contributed by atoms with E-state index in [0.29, 0.717) is 47.9 Å². The van der Waals surface area contributed by atoms with Gasteiger partial charge in [0.2, 0.25) is 0 Å². The molecule has 1 unspecified atom stereocenters. The van der Waals surface area contributed by atoms with Crippen LogP contribution in [-0.2, 0) is 9.59 Å². The Kier molecular flexibility index (Phi) is 9.36. The molecular formula is C28H36N2O6. The highest BCUT2D eigenvalue weighted by Crippen LogP contribution is 2.43. The molecule has 1 saturated heterocycles. The third-order valence-corrected chi connectivity index (χ3v) is 6.47. The van der Waals surface area contributed by atoms with E-state index in [1.54, 1.807) is 47.4 Å². The molecule has 0 bridgehead atoms. The van der Waals surface area contributed by atoms with E-state index in [1.165, 1.54) is 14.2 Å². The lowest BCUT2D eigenvalue weighted by Gasteiger charge is -2.27. The fourth-order valence-corrected chi connectivity index (χ4v) is 4.58. The Bertz CT molecular complexity index is 1110. The number of nitrogens with zero attached hydrogens (tertiary/aromatic N) is 2. The van der Waals surface area contributed by atoms with E-state index < -0.39 is 17.7 Å². The van der Waals surface area contributed by atoms with Crippen molar-refractivity contribution >= 4 is 17.4 Å². The van der Waals surface area contributed by atoms with Crippen molar-refractivity contribution in [2.75, 3.05) is 47.0 Å². The van der Waals surface area contributed by atoms with Gasteiger partial charge in [0.25, 0.3) is 11.7 Å². The van der Waals surface area contributed by atoms with E-state index in [4.69, 9.17) is 14.2 Å². The molecule has 0 saturated carbocycles. The van der Waals surface area contributed by atoms with Crippen LogP contribution in [0.15, 0.2) is 48.0 Å². The number of carbonyl (C=O) groups excluding carboxylic acids is 2. The van der Waals surface area contributed by atoms with Crippen LogP contribution in [0.2, 0.25) is 0 Å². The van der Waals surface area contributed by atoms with Crippen LogP contribution >= 0.6 is 0 Å². The van der Waals surface area contributed by atoms with Crippen molar-refractivity contribution in [1.82, 2.24) is 9.80 Å². The molecule has 8 nitrogen and oxygen atoms in total. The van der Waals surface area contributed by atoms with Crippen molar-refractivity contribution in [3.8, 4) is 17.2 Å². The van der Waals surface area contributed by atoms with Gasteiger partial charge in [-0.15, -0.1) is 0 Å². The van der Waals surface area contributed by atoms with Crippen molar-refractivity contribution in [3.05, 3.63) is 59.2 Å². The van der Waals surface area contributed by atoms with Crippen molar-refractivity contribution in [1.29, 1.82) is 0 Å². The van der Waals surface area contributed by atoms with Gasteiger partial charge in [-0.2, -0.15) is 0 Å². The fraction of sp³-hybridized carbons (Fsp3) is 0.429. The van der Waals surface area contributed by atoms with E-state index in [-0.39, 0.29) is 11.3 Å². The molecule has 1 N–H and O–H groups in total. The number of methoxy groups -OCH3 is 2. The molecule has 1 atom stereocenters. The summed E-state index contributed by atoms with van der Waals surface area (Å²) in [7, 11) is 3.03. The summed E-state index contributed by atoms with van der Waals surface area (Å²) in [6, 6.07) is 11.4. The Morgan fingerprint density at radius 1 is 0.972 bits per heavy atom. The number of hydrogen-bond donors (Lipinski definition) is 1. The van der Waals surface area contributed by atoms with Crippen LogP contribution in [0.1, 0.15) is 44.4 Å². The Morgan fingerprint density at radius 3 is 2.31 bits per heavy atom. The minimum absolute atomic E-state index is 0.0264. The number of aliphatic hydroxyl groups is 1. The second-order valence-corrected chi connectivity index (χ2v) is 8.42. The highest BCUT2D eigenvalue weighted by molar-refractivity contribution is 6.46. The first-order valence-electron chi connectivity index (χ1n) is 12.4. The Labute approximate surface area is 213 Å². The topological polar surface area (TPSA) is 88.5 Å². The summed E-state index contributed by atoms with van der Waals surface area (Å²) in [5.41, 5.74) is 1.02. The van der Waals surface area contributed by atoms with Crippen LogP contribution in [0.5, 0.6) is 17.2 Å². The van der Waals surface area contributed by atoms with Crippen LogP contribution in [0, 0.1) is 0 Å². The van der Waals surface area contributed by atoms with Gasteiger partial charge in [0.15, 0.2) is 11.5 Å². The molecule has 1 heterocycles. The first kappa shape index (κ1) is 27.1. The molecule has 36 heavy (non-hydrogen) atoms. The fourth-order valence-electron chi connectivity index (χ4n) is 4.58. The van der Waals surface area contributed by atoms with Crippen molar-refractivity contribution in [2.24, 2.45) is 0 Å². The molecule has 1 fully saturated rings. The first-order chi connectivity index (χ1) is 17.4. The van der Waals surface area contributed by atoms with E-state index in [9.17, 15) is 14.7 Å². The molecule has 1 aliphatic rings. The second-order valence-electron chi connectivity index (χ2n) is 8.42. The number of amides is 1. The molecule has 0 aliphatic carbocycles. The Hall–Kier alpha value is -3.52. The van der Waals surface area contributed by atoms with Crippen LogP contribution in [0.4, 0.5) is 0 Å². The zero-order valence-electron chi connectivity index (χ0n) is 21.7. The number of para-hydroxylation sites is 1. The molecule has 1 amide bonds. The molecule has 194 valence electrons. The quantitative estimate of drug-likeness (QED) is 0.267. The number of rotatable bonds is 12. The average molecular weight is 497 g/mol. The number of ether oxygens (including phenoxy) is 3. The molecule has 2 aromatic carbocycles. The zero-order valence-corrected chi connectivity index (χ0v) is 21.7. The summed E-state index contributed by atoms with van der Waals surface area (Å²) in [6.07, 6.45) is 0.689. The standard InChI is InChI=1S/C28H36N2O6/c1-6-29(7-2)16-11-17-30-25(19-14-15-22(36-8-3)23(18-19)35-5)24(27(32)28(30)33)26(31)20-12-9-10-13-21(20)34-4/h9-10,12-15,18,25,31H,6-8,11,16-17H2,1-5H3/b26-24+. The molecule has 3 rings (SSSR count). The lowest BCUT2D eigenvalue weighted by molar-refractivity contribution is -0.140. The second kappa shape index (κ2) is 12.4. The number of likely N-dealkylation sites (tertiary alicyclic amines) is 1. The maximum atomic E-state index is 13.3. The van der Waals surface area contributed by atoms with Crippen LogP contribution in [0.3, 0.4) is 0 Å². The molecule has 1 aliphatic heterocycles. The minimum Gasteiger partial charge on any atom is -0.507 e. The number of benzene rings is 2. The van der Waals surface area contributed by atoms with Crippen LogP contribution < -0.4 is 14.2 Å². The van der Waals surface area contributed by atoms with E-state index >= 15 is 0 Å². The third kappa shape index (κ3) is 5.49. The highest BCUT2D eigenvalue weighted by Gasteiger charge is 2.46. The van der Waals surface area contributed by atoms with Gasteiger partial charge in [-0.05, 0) is 62.8 Å². The van der Waals surface area contributed by atoms with E-state index in [2.05, 4.69) is 18.7 Å². The van der Waals surface area contributed by atoms with Crippen molar-refractivity contribution < 1.29 is 28.9 Å². The van der Waals surface area contributed by atoms with Crippen molar-refractivity contribution in [2.45, 2.75) is 33.2 Å². The number of hydrogen-bond acceptors (Lipinski definition) is 7. The van der Waals surface area contributed by atoms with Crippen LogP contribution in [-0.4, -0.2) is 73.6 Å². The normalized spacial score (nSPS) is 17.1. The van der Waals surface area contributed by atoms with Crippen LogP contribution in [0.25, 0.3) is 5.76 Å². The SMILES string of the molecule is CCOc1ccc(C2/C(=C(\O)c3ccccc3OC)C(=O)C(=O)N2CCCN(CC)CC)cc1OC. The van der Waals surface area contributed by atoms with E-state index in [1.807, 2.05) is 6.92 Å². The third-order valence-electron chi connectivity index (χ3n) is 6.47. The van der Waals surface area contributed by atoms with Gasteiger partial charge in [-0.1, -0.05) is 32.0 Å². The number of aliphatic hydroxyl groups excluding tert-OH is 1. The smallest absolute Gasteiger partial charge is 0.295 e. The number of Topliss-reactive ketones (excluding diaryl/α,β-unsaturated/α-hetero) is 1. The van der Waals surface area contributed by atoms with Crippen molar-refractivity contribution in [3.63, 3.8) is 0 Å². The summed E-state index contributed by atoms with van der Waals surface area (Å²) in [6.45, 7) is 9.50. The molecule has 0 radical (unpaired) electrons. The maximum Gasteiger partial charge on any atom is 0.295 e. The summed E-state index contributed by atoms with van der Waals surface area (Å²) in [5.74, 6) is -0.170. The Balaban J connectivity index is 2.12. The van der Waals surface area contributed by atoms with Gasteiger partial charge in [0.1, 0.15) is 11.5 Å². The molecule has 0 aromatic heterocycles. The van der Waals surface area contributed by atoms with Gasteiger partial charge in [-0.3, -0.25) is 9.59 Å². The predicted molar refractivity (Wildman–Crippen MR) is 139 cm³/mol. The number of carbonyl (C=O) groups is 2. The Morgan fingerprint density at radius 2 is 1.67 bits per heavy atom. The lowest BCUT2D eigenvalue weighted by atomic mass is 9.94. The first-order valence-corrected chi connectivity index (χ1v) is 12.4. The summed E-state index contributed by atoms with van der Waals surface area (Å²) in [4.78, 5) is 30.4. The zero-order chi connectivity index (χ0) is 26.2. The maximum absolute atomic E-state index is 13.3. The average Bonchev–Trinajstić information content (AvgIpc) is 3.16. The van der Waals surface area contributed by atoms with Gasteiger partial charge in [-0.25, -0.2) is 0 Å². The molecular weight excluding hydrogens is 460 g/mol. The minimum atomic E-state index is -0.781. The molecule has 0 spiro atoms. The van der Waals surface area contributed by atoms with Gasteiger partial charge in [0, 0.05) is 6.54 Å². The number of ketones is 1. The van der Waals surface area contributed by atoms with Gasteiger partial charge in [0.05, 0.1) is 38.0 Å². The monoisotopic (exact) mass is 496 g/mol. The summed E-state index contributed by atoms with van der Waals surface area (Å²) < 4.78 is 16.6. The van der Waals surface area contributed by atoms with E-state index in [0.717, 1.165) is 19.6 Å². The summed E-state index contributed by atoms with van der Waals surface area (Å²) >= 11 is 0. The molecule has 2 aromatic rings.